The summed E-state index contributed by atoms with van der Waals surface area (Å²) in [5.41, 5.74) is 13.3. The predicted octanol–water partition coefficient (Wildman–Crippen LogP) is 3.35. The molecular formula is C26H30N3O2+. The highest BCUT2D eigenvalue weighted by Gasteiger charge is 2.15. The van der Waals surface area contributed by atoms with E-state index in [1.807, 2.05) is 52.5 Å². The first kappa shape index (κ1) is 22.2. The van der Waals surface area contributed by atoms with Crippen molar-refractivity contribution in [1.82, 2.24) is 0 Å². The highest BCUT2D eigenvalue weighted by molar-refractivity contribution is 6.04. The highest BCUT2D eigenvalue weighted by Crippen LogP contribution is 2.31. The molecule has 0 radical (unpaired) electrons. The van der Waals surface area contributed by atoms with Gasteiger partial charge < -0.3 is 15.7 Å². The van der Waals surface area contributed by atoms with Crippen molar-refractivity contribution in [1.29, 1.82) is 0 Å². The minimum Gasteiger partial charge on any atom is -0.480 e. The standard InChI is InChI=1S/C26H29N3O2/c1-28(2)22-13-9-20(10-14-22)25(21-11-15-23(16-12-21)29(3)4)19-7-5-18(6-8-19)17-24(27)26(30)31/h5-16,24H,17,27H2,1-4H3/p+1/t24-/m0/s1. The molecule has 3 N–H and O–H groups in total. The van der Waals surface area contributed by atoms with Crippen LogP contribution in [0.3, 0.4) is 0 Å². The Kier molecular flexibility index (Phi) is 6.88. The van der Waals surface area contributed by atoms with Crippen molar-refractivity contribution in [3.63, 3.8) is 0 Å². The van der Waals surface area contributed by atoms with Gasteiger partial charge in [0.15, 0.2) is 5.71 Å². The number of allylic oxidation sites excluding steroid dienone is 5. The third-order valence-electron chi connectivity index (χ3n) is 5.36. The number of benzene rings is 2. The quantitative estimate of drug-likeness (QED) is 0.709. The maximum absolute atomic E-state index is 11.1. The van der Waals surface area contributed by atoms with Crippen molar-refractivity contribution in [2.75, 3.05) is 33.1 Å². The van der Waals surface area contributed by atoms with E-state index in [9.17, 15) is 4.79 Å². The number of aliphatic carboxylic acids is 1. The fraction of sp³-hybridized carbons (Fsp3) is 0.231. The zero-order valence-electron chi connectivity index (χ0n) is 18.5. The second kappa shape index (κ2) is 9.58. The molecule has 1 aliphatic carbocycles. The van der Waals surface area contributed by atoms with E-state index in [4.69, 9.17) is 10.8 Å². The summed E-state index contributed by atoms with van der Waals surface area (Å²) in [7, 11) is 8.11. The lowest BCUT2D eigenvalue weighted by Gasteiger charge is -2.17. The van der Waals surface area contributed by atoms with Gasteiger partial charge in [-0.1, -0.05) is 36.4 Å². The van der Waals surface area contributed by atoms with Gasteiger partial charge in [-0.3, -0.25) is 4.79 Å². The summed E-state index contributed by atoms with van der Waals surface area (Å²) in [6, 6.07) is 15.6. The molecule has 2 aromatic rings. The van der Waals surface area contributed by atoms with Gasteiger partial charge in [0.25, 0.3) is 0 Å². The Balaban J connectivity index is 2.04. The molecule has 0 bridgehead atoms. The Hall–Kier alpha value is -3.44. The molecule has 31 heavy (non-hydrogen) atoms. The number of anilines is 1. The Morgan fingerprint density at radius 2 is 1.45 bits per heavy atom. The summed E-state index contributed by atoms with van der Waals surface area (Å²) in [6.07, 6.45) is 8.81. The van der Waals surface area contributed by atoms with E-state index < -0.39 is 12.0 Å². The van der Waals surface area contributed by atoms with E-state index in [1.165, 1.54) is 0 Å². The lowest BCUT2D eigenvalue weighted by atomic mass is 9.90. The van der Waals surface area contributed by atoms with Gasteiger partial charge in [0, 0.05) is 31.9 Å². The maximum Gasteiger partial charge on any atom is 0.320 e. The van der Waals surface area contributed by atoms with Crippen LogP contribution in [-0.4, -0.2) is 55.6 Å². The molecule has 1 aliphatic rings. The predicted molar refractivity (Wildman–Crippen MR) is 128 cm³/mol. The summed E-state index contributed by atoms with van der Waals surface area (Å²) in [4.78, 5) is 13.1. The van der Waals surface area contributed by atoms with Crippen LogP contribution in [0, 0.1) is 0 Å². The third-order valence-corrected chi connectivity index (χ3v) is 5.36. The number of carbonyl (C=O) groups is 1. The molecule has 0 aromatic heterocycles. The lowest BCUT2D eigenvalue weighted by molar-refractivity contribution is -0.462. The van der Waals surface area contributed by atoms with Crippen molar-refractivity contribution in [2.24, 2.45) is 5.73 Å². The van der Waals surface area contributed by atoms with Gasteiger partial charge in [-0.05, 0) is 58.5 Å². The molecule has 0 amide bonds. The first-order chi connectivity index (χ1) is 14.8. The molecule has 0 saturated carbocycles. The Labute approximate surface area is 184 Å². The minimum absolute atomic E-state index is 0.306. The fourth-order valence-corrected chi connectivity index (χ4v) is 3.50. The van der Waals surface area contributed by atoms with Crippen LogP contribution >= 0.6 is 0 Å². The zero-order valence-corrected chi connectivity index (χ0v) is 18.5. The molecule has 5 nitrogen and oxygen atoms in total. The smallest absolute Gasteiger partial charge is 0.320 e. The average Bonchev–Trinajstić information content (AvgIpc) is 2.75. The number of carboxylic acids is 1. The third kappa shape index (κ3) is 5.38. The van der Waals surface area contributed by atoms with Gasteiger partial charge in [-0.2, -0.15) is 0 Å². The van der Waals surface area contributed by atoms with Crippen LogP contribution in [0.4, 0.5) is 5.69 Å². The molecule has 0 unspecified atom stereocenters. The zero-order chi connectivity index (χ0) is 22.5. The monoisotopic (exact) mass is 416 g/mol. The molecule has 2 aromatic carbocycles. The van der Waals surface area contributed by atoms with E-state index in [1.54, 1.807) is 0 Å². The molecule has 0 saturated heterocycles. The highest BCUT2D eigenvalue weighted by atomic mass is 16.4. The van der Waals surface area contributed by atoms with E-state index in [0.29, 0.717) is 6.42 Å². The van der Waals surface area contributed by atoms with Gasteiger partial charge in [0.05, 0.1) is 0 Å². The molecule has 160 valence electrons. The first-order valence-electron chi connectivity index (χ1n) is 10.3. The topological polar surface area (TPSA) is 69.6 Å². The average molecular weight is 417 g/mol. The van der Waals surface area contributed by atoms with Gasteiger partial charge in [0.1, 0.15) is 20.1 Å². The minimum atomic E-state index is -0.988. The first-order valence-corrected chi connectivity index (χ1v) is 10.3. The number of carboxylic acid groups (broad SMARTS) is 1. The Bertz CT molecular complexity index is 1050. The van der Waals surface area contributed by atoms with Crippen LogP contribution in [0.5, 0.6) is 0 Å². The molecule has 5 heteroatoms. The van der Waals surface area contributed by atoms with Crippen LogP contribution in [0.2, 0.25) is 0 Å². The number of hydrogen-bond acceptors (Lipinski definition) is 3. The second-order valence-electron chi connectivity index (χ2n) is 8.10. The van der Waals surface area contributed by atoms with Crippen LogP contribution in [0.25, 0.3) is 5.57 Å². The number of nitrogens with zero attached hydrogens (tertiary/aromatic N) is 2. The van der Waals surface area contributed by atoms with Crippen molar-refractivity contribution in [2.45, 2.75) is 12.5 Å². The van der Waals surface area contributed by atoms with Crippen molar-refractivity contribution < 1.29 is 14.5 Å². The Morgan fingerprint density at radius 1 is 0.935 bits per heavy atom. The fourth-order valence-electron chi connectivity index (χ4n) is 3.50. The summed E-state index contributed by atoms with van der Waals surface area (Å²) in [6.45, 7) is 0. The molecule has 0 aliphatic heterocycles. The van der Waals surface area contributed by atoms with Crippen molar-refractivity contribution in [3.05, 3.63) is 95.1 Å². The molecule has 0 fully saturated rings. The second-order valence-corrected chi connectivity index (χ2v) is 8.10. The van der Waals surface area contributed by atoms with E-state index in [0.717, 1.165) is 39.2 Å². The summed E-state index contributed by atoms with van der Waals surface area (Å²) >= 11 is 0. The van der Waals surface area contributed by atoms with E-state index in [2.05, 4.69) is 58.0 Å². The normalized spacial score (nSPS) is 13.8. The summed E-state index contributed by atoms with van der Waals surface area (Å²) in [5.74, 6) is -0.988. The van der Waals surface area contributed by atoms with Gasteiger partial charge >= 0.3 is 5.97 Å². The van der Waals surface area contributed by atoms with Gasteiger partial charge in [0.2, 0.25) is 0 Å². The lowest BCUT2D eigenvalue weighted by Crippen LogP contribution is -2.32. The van der Waals surface area contributed by atoms with E-state index in [-0.39, 0.29) is 0 Å². The van der Waals surface area contributed by atoms with Crippen LogP contribution in [0.1, 0.15) is 16.7 Å². The summed E-state index contributed by atoms with van der Waals surface area (Å²) in [5, 5.41) is 9.07. The van der Waals surface area contributed by atoms with Crippen LogP contribution in [0.15, 0.2) is 78.4 Å². The largest absolute Gasteiger partial charge is 0.480 e. The van der Waals surface area contributed by atoms with Crippen LogP contribution < -0.4 is 10.6 Å². The molecule has 0 spiro atoms. The molecular weight excluding hydrogens is 386 g/mol. The van der Waals surface area contributed by atoms with Crippen molar-refractivity contribution >= 4 is 22.9 Å². The maximum atomic E-state index is 11.1. The van der Waals surface area contributed by atoms with Crippen molar-refractivity contribution in [3.8, 4) is 0 Å². The van der Waals surface area contributed by atoms with Gasteiger partial charge in [-0.15, -0.1) is 0 Å². The summed E-state index contributed by atoms with van der Waals surface area (Å²) < 4.78 is 2.08. The molecule has 1 atom stereocenters. The SMILES string of the molecule is CN(C)c1ccc(C(=C2C=CC(=[N+](C)C)C=C2)c2ccc(C[C@H](N)C(=O)O)cc2)cc1. The molecule has 0 heterocycles. The Morgan fingerprint density at radius 3 is 1.90 bits per heavy atom. The van der Waals surface area contributed by atoms with Crippen LogP contribution in [-0.2, 0) is 11.2 Å². The van der Waals surface area contributed by atoms with E-state index >= 15 is 0 Å². The number of rotatable bonds is 6. The molecule has 3 rings (SSSR count). The number of hydrogen-bond donors (Lipinski definition) is 2. The van der Waals surface area contributed by atoms with Gasteiger partial charge in [-0.25, -0.2) is 4.58 Å². The number of nitrogens with two attached hydrogens (primary N) is 1.